The van der Waals surface area contributed by atoms with Gasteiger partial charge in [0.05, 0.1) is 29.8 Å². The number of unbranched alkanes of at least 4 members (excludes halogenated alkanes) is 1. The normalized spacial score (nSPS) is 19.5. The number of hydrogen-bond acceptors (Lipinski definition) is 7. The predicted octanol–water partition coefficient (Wildman–Crippen LogP) is 6.63. The second kappa shape index (κ2) is 17.4. The highest BCUT2D eigenvalue weighted by Crippen LogP contribution is 2.39. The Morgan fingerprint density at radius 1 is 0.815 bits per heavy atom. The number of aliphatic hydroxyl groups is 1. The van der Waals surface area contributed by atoms with Crippen LogP contribution in [0.25, 0.3) is 22.2 Å². The summed E-state index contributed by atoms with van der Waals surface area (Å²) in [5.74, 6) is -0.932. The van der Waals surface area contributed by atoms with Gasteiger partial charge in [-0.15, -0.1) is 0 Å². The van der Waals surface area contributed by atoms with Crippen molar-refractivity contribution in [3.05, 3.63) is 130 Å². The summed E-state index contributed by atoms with van der Waals surface area (Å²) in [6.45, 7) is 2.87. The molecular weight excluding hydrogens is 684 g/mol. The molecule has 2 aliphatic rings. The number of carbonyl (C=O) groups excluding carboxylic acids is 1. The van der Waals surface area contributed by atoms with Gasteiger partial charge in [-0.2, -0.15) is 0 Å². The van der Waals surface area contributed by atoms with Gasteiger partial charge in [0.2, 0.25) is 5.91 Å². The lowest BCUT2D eigenvalue weighted by atomic mass is 9.98. The number of aliphatic carboxylic acids is 1. The maximum absolute atomic E-state index is 12.9. The molecule has 1 aromatic heterocycles. The molecule has 1 amide bonds. The van der Waals surface area contributed by atoms with Crippen molar-refractivity contribution in [1.29, 1.82) is 0 Å². The predicted molar refractivity (Wildman–Crippen MR) is 206 cm³/mol. The van der Waals surface area contributed by atoms with Crippen LogP contribution in [0.5, 0.6) is 0 Å². The number of para-hydroxylation sites is 2. The minimum atomic E-state index is -0.844. The number of piperidine rings is 1. The van der Waals surface area contributed by atoms with E-state index in [0.717, 1.165) is 76.9 Å². The third kappa shape index (κ3) is 9.17. The molecule has 7 rings (SSSR count). The largest absolute Gasteiger partial charge is 0.481 e. The SMILES string of the molecule is O=C(O)CCCCC(=O)NCc1cccc(-c2ccc([C@H]3O[C@@H](CN4CCC(n5c(=O)[nH]c6ccccc65)CC4)C[C@@H](c4ccc(CO)cc4)O3)cc2)c1. The van der Waals surface area contributed by atoms with Crippen LogP contribution >= 0.6 is 0 Å². The number of fused-ring (bicyclic) bond motifs is 1. The average Bonchev–Trinajstić information content (AvgIpc) is 3.54. The Hall–Kier alpha value is -5.07. The van der Waals surface area contributed by atoms with E-state index in [1.807, 2.05) is 83.4 Å². The summed E-state index contributed by atoms with van der Waals surface area (Å²) >= 11 is 0. The number of rotatable bonds is 14. The number of hydrogen-bond donors (Lipinski definition) is 4. The van der Waals surface area contributed by atoms with Crippen LogP contribution in [0.2, 0.25) is 0 Å². The van der Waals surface area contributed by atoms with Gasteiger partial charge in [-0.25, -0.2) is 4.79 Å². The third-order valence-corrected chi connectivity index (χ3v) is 10.6. The second-order valence-electron chi connectivity index (χ2n) is 14.4. The molecule has 2 fully saturated rings. The Morgan fingerprint density at radius 2 is 1.56 bits per heavy atom. The highest BCUT2D eigenvalue weighted by Gasteiger charge is 2.34. The zero-order chi connectivity index (χ0) is 37.4. The number of carboxylic acids is 1. The maximum atomic E-state index is 12.9. The number of nitrogens with one attached hydrogen (secondary N) is 2. The molecule has 2 aliphatic heterocycles. The Bertz CT molecular complexity index is 2080. The van der Waals surface area contributed by atoms with Gasteiger partial charge in [-0.3, -0.25) is 14.2 Å². The Labute approximate surface area is 314 Å². The quantitative estimate of drug-likeness (QED) is 0.0931. The van der Waals surface area contributed by atoms with Gasteiger partial charge < -0.3 is 34.9 Å². The highest BCUT2D eigenvalue weighted by atomic mass is 16.7. The van der Waals surface area contributed by atoms with E-state index >= 15 is 0 Å². The standard InChI is InChI=1S/C43H48N4O7/c48-28-29-12-14-32(15-13-29)39-25-36(27-46-22-20-35(21-23-46)47-38-9-2-1-8-37(38)45-43(47)52)53-42(54-39)33-18-16-31(17-19-33)34-7-5-6-30(24-34)26-44-40(49)10-3-4-11-41(50)51/h1-2,5-9,12-19,24,35-36,39,42,48H,3-4,10-11,20-23,25-28H2,(H,44,49)(H,45,52)(H,50,51)/t36-,39+,42+/m1/s1. The zero-order valence-corrected chi connectivity index (χ0v) is 30.4. The topological polar surface area (TPSA) is 146 Å². The molecule has 4 N–H and O–H groups in total. The van der Waals surface area contributed by atoms with Crippen LogP contribution in [0.3, 0.4) is 0 Å². The van der Waals surface area contributed by atoms with Crippen molar-refractivity contribution < 1.29 is 29.3 Å². The number of carboxylic acid groups (broad SMARTS) is 1. The summed E-state index contributed by atoms with van der Waals surface area (Å²) in [6, 6.07) is 32.2. The smallest absolute Gasteiger partial charge is 0.326 e. The summed E-state index contributed by atoms with van der Waals surface area (Å²) in [7, 11) is 0. The van der Waals surface area contributed by atoms with E-state index in [4.69, 9.17) is 14.6 Å². The highest BCUT2D eigenvalue weighted by molar-refractivity contribution is 5.76. The van der Waals surface area contributed by atoms with Gasteiger partial charge in [0, 0.05) is 57.0 Å². The molecule has 0 spiro atoms. The number of benzene rings is 4. The first kappa shape index (κ1) is 37.3. The number of aromatic amines is 1. The summed E-state index contributed by atoms with van der Waals surface area (Å²) in [4.78, 5) is 41.3. The molecule has 0 bridgehead atoms. The number of likely N-dealkylation sites (tertiary alicyclic amines) is 1. The first-order chi connectivity index (χ1) is 26.3. The Morgan fingerprint density at radius 3 is 2.31 bits per heavy atom. The van der Waals surface area contributed by atoms with Crippen molar-refractivity contribution in [1.82, 2.24) is 19.8 Å². The molecule has 0 aliphatic carbocycles. The van der Waals surface area contributed by atoms with Gasteiger partial charge in [-0.1, -0.05) is 78.9 Å². The number of H-pyrrole nitrogens is 1. The lowest BCUT2D eigenvalue weighted by Gasteiger charge is -2.40. The Kier molecular flexibility index (Phi) is 12.0. The molecule has 2 saturated heterocycles. The molecular formula is C43H48N4O7. The molecule has 0 radical (unpaired) electrons. The van der Waals surface area contributed by atoms with Crippen LogP contribution in [0, 0.1) is 0 Å². The van der Waals surface area contributed by atoms with Crippen molar-refractivity contribution in [3.63, 3.8) is 0 Å². The van der Waals surface area contributed by atoms with E-state index in [0.29, 0.717) is 32.2 Å². The monoisotopic (exact) mass is 732 g/mol. The molecule has 3 atom stereocenters. The van der Waals surface area contributed by atoms with Crippen molar-refractivity contribution in [2.75, 3.05) is 19.6 Å². The third-order valence-electron chi connectivity index (χ3n) is 10.6. The lowest BCUT2D eigenvalue weighted by Crippen LogP contribution is -2.43. The van der Waals surface area contributed by atoms with Gasteiger partial charge in [0.1, 0.15) is 0 Å². The minimum absolute atomic E-state index is 0.0130. The van der Waals surface area contributed by atoms with E-state index < -0.39 is 12.3 Å². The number of imidazole rings is 1. The van der Waals surface area contributed by atoms with E-state index in [2.05, 4.69) is 33.4 Å². The number of aliphatic hydroxyl groups excluding tert-OH is 1. The van der Waals surface area contributed by atoms with E-state index in [9.17, 15) is 19.5 Å². The van der Waals surface area contributed by atoms with Crippen molar-refractivity contribution in [2.45, 2.75) is 82.6 Å². The van der Waals surface area contributed by atoms with Crippen LogP contribution in [-0.2, 0) is 32.2 Å². The molecule has 3 heterocycles. The van der Waals surface area contributed by atoms with Crippen LogP contribution in [0.15, 0.2) is 102 Å². The van der Waals surface area contributed by atoms with E-state index in [-0.39, 0.29) is 42.9 Å². The molecule has 11 nitrogen and oxygen atoms in total. The van der Waals surface area contributed by atoms with Gasteiger partial charge in [-0.05, 0) is 71.7 Å². The fourth-order valence-electron chi connectivity index (χ4n) is 7.66. The zero-order valence-electron chi connectivity index (χ0n) is 30.4. The molecule has 54 heavy (non-hydrogen) atoms. The van der Waals surface area contributed by atoms with E-state index in [1.165, 1.54) is 0 Å². The fraction of sp³-hybridized carbons (Fsp3) is 0.372. The first-order valence-corrected chi connectivity index (χ1v) is 18.9. The second-order valence-corrected chi connectivity index (χ2v) is 14.4. The summed E-state index contributed by atoms with van der Waals surface area (Å²) < 4.78 is 15.2. The van der Waals surface area contributed by atoms with Crippen LogP contribution in [-0.4, -0.2) is 62.3 Å². The van der Waals surface area contributed by atoms with Gasteiger partial charge in [0.15, 0.2) is 6.29 Å². The van der Waals surface area contributed by atoms with Crippen molar-refractivity contribution in [3.8, 4) is 11.1 Å². The molecule has 11 heteroatoms. The summed E-state index contributed by atoms with van der Waals surface area (Å²) in [5.41, 5.74) is 7.63. The van der Waals surface area contributed by atoms with E-state index in [1.54, 1.807) is 0 Å². The van der Waals surface area contributed by atoms with Gasteiger partial charge in [0.25, 0.3) is 0 Å². The number of nitrogens with zero attached hydrogens (tertiary/aromatic N) is 2. The van der Waals surface area contributed by atoms with Crippen molar-refractivity contribution in [2.24, 2.45) is 0 Å². The van der Waals surface area contributed by atoms with Crippen LogP contribution in [0.4, 0.5) is 0 Å². The van der Waals surface area contributed by atoms with Crippen molar-refractivity contribution >= 4 is 22.9 Å². The number of aromatic nitrogens is 2. The molecule has 5 aromatic rings. The molecule has 0 unspecified atom stereocenters. The Balaban J connectivity index is 1.00. The van der Waals surface area contributed by atoms with Gasteiger partial charge >= 0.3 is 11.7 Å². The maximum Gasteiger partial charge on any atom is 0.326 e. The summed E-state index contributed by atoms with van der Waals surface area (Å²) in [6.07, 6.45) is 3.03. The fourth-order valence-corrected chi connectivity index (χ4v) is 7.66. The number of ether oxygens (including phenoxy) is 2. The first-order valence-electron chi connectivity index (χ1n) is 18.9. The average molecular weight is 733 g/mol. The molecule has 282 valence electrons. The molecule has 4 aromatic carbocycles. The number of amides is 1. The molecule has 0 saturated carbocycles. The lowest BCUT2D eigenvalue weighted by molar-refractivity contribution is -0.253. The minimum Gasteiger partial charge on any atom is -0.481 e. The van der Waals surface area contributed by atoms with Crippen LogP contribution in [0.1, 0.15) is 85.6 Å². The number of carbonyl (C=O) groups is 2. The summed E-state index contributed by atoms with van der Waals surface area (Å²) in [5, 5.41) is 21.3. The van der Waals surface area contributed by atoms with Crippen LogP contribution < -0.4 is 11.0 Å².